The van der Waals surface area contributed by atoms with Crippen LogP contribution in [0.5, 0.6) is 0 Å². The highest BCUT2D eigenvalue weighted by Crippen LogP contribution is 2.14. The Balaban J connectivity index is 2.81. The lowest BCUT2D eigenvalue weighted by Gasteiger charge is -2.03. The summed E-state index contributed by atoms with van der Waals surface area (Å²) >= 11 is 0. The van der Waals surface area contributed by atoms with Gasteiger partial charge in [-0.2, -0.15) is 5.26 Å². The molecule has 0 aliphatic rings. The van der Waals surface area contributed by atoms with Crippen LogP contribution in [-0.2, 0) is 6.42 Å². The topological polar surface area (TPSA) is 49.8 Å². The molecule has 62 valence electrons. The van der Waals surface area contributed by atoms with E-state index < -0.39 is 0 Å². The zero-order chi connectivity index (χ0) is 8.97. The van der Waals surface area contributed by atoms with E-state index in [0.717, 1.165) is 23.2 Å². The number of nitrogens with zero attached hydrogens (tertiary/aromatic N) is 1. The van der Waals surface area contributed by atoms with E-state index in [-0.39, 0.29) is 0 Å². The number of hydrogen-bond acceptors (Lipinski definition) is 2. The third kappa shape index (κ3) is 2.00. The molecule has 0 amide bonds. The van der Waals surface area contributed by atoms with Crippen LogP contribution in [0.1, 0.15) is 17.5 Å². The van der Waals surface area contributed by atoms with Crippen LogP contribution in [0.15, 0.2) is 18.2 Å². The van der Waals surface area contributed by atoms with Crippen LogP contribution in [0.2, 0.25) is 0 Å². The highest BCUT2D eigenvalue weighted by molar-refractivity contribution is 5.49. The zero-order valence-electron chi connectivity index (χ0n) is 7.17. The summed E-state index contributed by atoms with van der Waals surface area (Å²) in [5.41, 5.74) is 8.78. The first-order chi connectivity index (χ1) is 5.74. The Labute approximate surface area is 72.6 Å². The van der Waals surface area contributed by atoms with E-state index in [1.165, 1.54) is 0 Å². The first-order valence-electron chi connectivity index (χ1n) is 3.96. The molecule has 1 rings (SSSR count). The molecule has 0 saturated carbocycles. The second-order valence-corrected chi connectivity index (χ2v) is 2.86. The fourth-order valence-corrected chi connectivity index (χ4v) is 1.13. The van der Waals surface area contributed by atoms with E-state index >= 15 is 0 Å². The number of nitrogen functional groups attached to an aromatic ring is 1. The standard InChI is InChI=1S/C10H12N2/c1-8-4-5-9(3-2-6-11)10(12)7-8/h4-5,7H,2-3,12H2,1H3. The van der Waals surface area contributed by atoms with Gasteiger partial charge < -0.3 is 5.73 Å². The van der Waals surface area contributed by atoms with Gasteiger partial charge in [-0.25, -0.2) is 0 Å². The predicted molar refractivity (Wildman–Crippen MR) is 49.5 cm³/mol. The molecule has 2 N–H and O–H groups in total. The Morgan fingerprint density at radius 2 is 2.25 bits per heavy atom. The van der Waals surface area contributed by atoms with E-state index in [0.29, 0.717) is 6.42 Å². The summed E-state index contributed by atoms with van der Waals surface area (Å²) in [5.74, 6) is 0. The lowest BCUT2D eigenvalue weighted by Crippen LogP contribution is -1.94. The van der Waals surface area contributed by atoms with Crippen molar-refractivity contribution in [2.45, 2.75) is 19.8 Å². The Morgan fingerprint density at radius 1 is 1.50 bits per heavy atom. The van der Waals surface area contributed by atoms with Gasteiger partial charge in [-0.3, -0.25) is 0 Å². The van der Waals surface area contributed by atoms with Gasteiger partial charge in [0.25, 0.3) is 0 Å². The molecule has 0 heterocycles. The van der Waals surface area contributed by atoms with Crippen molar-refractivity contribution in [2.75, 3.05) is 5.73 Å². The number of benzene rings is 1. The maximum atomic E-state index is 8.38. The van der Waals surface area contributed by atoms with Crippen molar-refractivity contribution in [3.63, 3.8) is 0 Å². The van der Waals surface area contributed by atoms with Crippen molar-refractivity contribution in [1.82, 2.24) is 0 Å². The maximum absolute atomic E-state index is 8.38. The Morgan fingerprint density at radius 3 is 2.83 bits per heavy atom. The van der Waals surface area contributed by atoms with Gasteiger partial charge in [-0.05, 0) is 30.5 Å². The quantitative estimate of drug-likeness (QED) is 0.673. The van der Waals surface area contributed by atoms with Gasteiger partial charge in [0.05, 0.1) is 6.07 Å². The van der Waals surface area contributed by atoms with Crippen LogP contribution in [0.3, 0.4) is 0 Å². The minimum absolute atomic E-state index is 0.535. The van der Waals surface area contributed by atoms with E-state index in [2.05, 4.69) is 6.07 Å². The predicted octanol–water partition coefficient (Wildman–Crippen LogP) is 2.03. The molecule has 0 saturated heterocycles. The summed E-state index contributed by atoms with van der Waals surface area (Å²) in [6.45, 7) is 2.00. The molecular formula is C10H12N2. The molecule has 0 aliphatic heterocycles. The van der Waals surface area contributed by atoms with Crippen molar-refractivity contribution in [1.29, 1.82) is 5.26 Å². The summed E-state index contributed by atoms with van der Waals surface area (Å²) in [7, 11) is 0. The summed E-state index contributed by atoms with van der Waals surface area (Å²) in [4.78, 5) is 0. The second kappa shape index (κ2) is 3.77. The average molecular weight is 160 g/mol. The Bertz CT molecular complexity index is 310. The van der Waals surface area contributed by atoms with Gasteiger partial charge in [0.2, 0.25) is 0 Å². The minimum Gasteiger partial charge on any atom is -0.398 e. The van der Waals surface area contributed by atoms with Crippen molar-refractivity contribution in [3.8, 4) is 6.07 Å². The Kier molecular flexibility index (Phi) is 2.71. The first kappa shape index (κ1) is 8.61. The number of nitrogens with two attached hydrogens (primary N) is 1. The molecule has 0 aromatic heterocycles. The molecule has 0 bridgehead atoms. The summed E-state index contributed by atoms with van der Waals surface area (Å²) in [5, 5.41) is 8.38. The molecule has 0 radical (unpaired) electrons. The minimum atomic E-state index is 0.535. The SMILES string of the molecule is Cc1ccc(CCC#N)c(N)c1. The van der Waals surface area contributed by atoms with E-state index in [4.69, 9.17) is 11.0 Å². The van der Waals surface area contributed by atoms with Crippen LogP contribution in [-0.4, -0.2) is 0 Å². The summed E-state index contributed by atoms with van der Waals surface area (Å²) in [6.07, 6.45) is 1.29. The molecule has 1 aromatic carbocycles. The lowest BCUT2D eigenvalue weighted by atomic mass is 10.1. The molecule has 0 aliphatic carbocycles. The van der Waals surface area contributed by atoms with Crippen LogP contribution in [0, 0.1) is 18.3 Å². The van der Waals surface area contributed by atoms with Crippen molar-refractivity contribution in [3.05, 3.63) is 29.3 Å². The molecular weight excluding hydrogens is 148 g/mol. The second-order valence-electron chi connectivity index (χ2n) is 2.86. The van der Waals surface area contributed by atoms with E-state index in [9.17, 15) is 0 Å². The highest BCUT2D eigenvalue weighted by Gasteiger charge is 1.97. The molecule has 1 aromatic rings. The monoisotopic (exact) mass is 160 g/mol. The number of rotatable bonds is 2. The van der Waals surface area contributed by atoms with Crippen LogP contribution in [0.25, 0.3) is 0 Å². The van der Waals surface area contributed by atoms with Gasteiger partial charge in [-0.15, -0.1) is 0 Å². The third-order valence-corrected chi connectivity index (χ3v) is 1.81. The zero-order valence-corrected chi connectivity index (χ0v) is 7.17. The molecule has 2 nitrogen and oxygen atoms in total. The molecule has 0 fully saturated rings. The van der Waals surface area contributed by atoms with Gasteiger partial charge in [0, 0.05) is 12.1 Å². The van der Waals surface area contributed by atoms with Crippen molar-refractivity contribution >= 4 is 5.69 Å². The lowest BCUT2D eigenvalue weighted by molar-refractivity contribution is 1.01. The first-order valence-corrected chi connectivity index (χ1v) is 3.96. The van der Waals surface area contributed by atoms with Crippen LogP contribution < -0.4 is 5.73 Å². The molecule has 0 spiro atoms. The summed E-state index contributed by atoms with van der Waals surface area (Å²) in [6, 6.07) is 8.04. The van der Waals surface area contributed by atoms with Crippen LogP contribution >= 0.6 is 0 Å². The van der Waals surface area contributed by atoms with Gasteiger partial charge in [0.15, 0.2) is 0 Å². The largest absolute Gasteiger partial charge is 0.398 e. The number of anilines is 1. The fraction of sp³-hybridized carbons (Fsp3) is 0.300. The van der Waals surface area contributed by atoms with Gasteiger partial charge >= 0.3 is 0 Å². The Hall–Kier alpha value is -1.49. The molecule has 0 unspecified atom stereocenters. The van der Waals surface area contributed by atoms with E-state index in [1.54, 1.807) is 0 Å². The van der Waals surface area contributed by atoms with Crippen molar-refractivity contribution < 1.29 is 0 Å². The van der Waals surface area contributed by atoms with Gasteiger partial charge in [-0.1, -0.05) is 12.1 Å². The number of hydrogen-bond donors (Lipinski definition) is 1. The highest BCUT2D eigenvalue weighted by atomic mass is 14.6. The van der Waals surface area contributed by atoms with Gasteiger partial charge in [0.1, 0.15) is 0 Å². The molecule has 2 heteroatoms. The molecule has 0 atom stereocenters. The number of aryl methyl sites for hydroxylation is 2. The molecule has 12 heavy (non-hydrogen) atoms. The number of nitriles is 1. The maximum Gasteiger partial charge on any atom is 0.0625 e. The average Bonchev–Trinajstić information content (AvgIpc) is 2.03. The third-order valence-electron chi connectivity index (χ3n) is 1.81. The van der Waals surface area contributed by atoms with Crippen LogP contribution in [0.4, 0.5) is 5.69 Å². The van der Waals surface area contributed by atoms with Crippen molar-refractivity contribution in [2.24, 2.45) is 0 Å². The fourth-order valence-electron chi connectivity index (χ4n) is 1.13. The smallest absolute Gasteiger partial charge is 0.0625 e. The summed E-state index contributed by atoms with van der Waals surface area (Å²) < 4.78 is 0. The normalized spacial score (nSPS) is 9.33. The van der Waals surface area contributed by atoms with E-state index in [1.807, 2.05) is 25.1 Å².